The monoisotopic (exact) mass is 270 g/mol. The van der Waals surface area contributed by atoms with Crippen molar-refractivity contribution in [3.05, 3.63) is 0 Å². The Morgan fingerprint density at radius 1 is 1.16 bits per heavy atom. The summed E-state index contributed by atoms with van der Waals surface area (Å²) in [6, 6.07) is -0.444. The maximum absolute atomic E-state index is 12.1. The lowest BCUT2D eigenvalue weighted by Crippen LogP contribution is -2.55. The molecule has 0 aromatic carbocycles. The summed E-state index contributed by atoms with van der Waals surface area (Å²) in [5.74, 6) is 0.0176. The summed E-state index contributed by atoms with van der Waals surface area (Å²) in [6.45, 7) is 6.92. The number of carbonyl (C=O) groups is 2. The number of nitrogens with two attached hydrogens (primary N) is 1. The Kier molecular flexibility index (Phi) is 6.62. The number of amides is 3. The van der Waals surface area contributed by atoms with Crippen molar-refractivity contribution in [3.8, 4) is 0 Å². The Labute approximate surface area is 115 Å². The molecular weight excluding hydrogens is 244 g/mol. The van der Waals surface area contributed by atoms with Crippen molar-refractivity contribution in [3.63, 3.8) is 0 Å². The van der Waals surface area contributed by atoms with Crippen molar-refractivity contribution in [2.45, 2.75) is 39.2 Å². The number of hydrogen-bond donors (Lipinski definition) is 2. The molecule has 19 heavy (non-hydrogen) atoms. The van der Waals surface area contributed by atoms with Crippen LogP contribution in [0.4, 0.5) is 4.79 Å². The van der Waals surface area contributed by atoms with Crippen LogP contribution < -0.4 is 11.1 Å². The van der Waals surface area contributed by atoms with E-state index >= 15 is 0 Å². The smallest absolute Gasteiger partial charge is 0.317 e. The molecule has 0 aliphatic carbocycles. The molecule has 1 fully saturated rings. The Hall–Kier alpha value is -1.30. The molecule has 6 heteroatoms. The number of rotatable bonds is 5. The Balaban J connectivity index is 2.36. The molecule has 0 spiro atoms. The van der Waals surface area contributed by atoms with E-state index in [0.717, 1.165) is 19.3 Å². The van der Waals surface area contributed by atoms with Gasteiger partial charge in [-0.3, -0.25) is 4.79 Å². The van der Waals surface area contributed by atoms with Gasteiger partial charge in [-0.1, -0.05) is 19.8 Å². The molecule has 110 valence electrons. The van der Waals surface area contributed by atoms with Crippen LogP contribution in [0.5, 0.6) is 0 Å². The first-order chi connectivity index (χ1) is 9.10. The summed E-state index contributed by atoms with van der Waals surface area (Å²) < 4.78 is 0. The lowest BCUT2D eigenvalue weighted by Gasteiger charge is -2.35. The molecule has 3 N–H and O–H groups in total. The number of nitrogens with zero attached hydrogens (tertiary/aromatic N) is 2. The van der Waals surface area contributed by atoms with Gasteiger partial charge in [0.1, 0.15) is 0 Å². The molecule has 1 aliphatic heterocycles. The normalized spacial score (nSPS) is 17.2. The number of nitrogens with one attached hydrogen (secondary N) is 1. The first-order valence-corrected chi connectivity index (χ1v) is 7.17. The van der Waals surface area contributed by atoms with E-state index in [-0.39, 0.29) is 11.9 Å². The molecule has 6 nitrogen and oxygen atoms in total. The average Bonchev–Trinajstić information content (AvgIpc) is 2.44. The number of carbonyl (C=O) groups excluding carboxylic acids is 2. The van der Waals surface area contributed by atoms with E-state index < -0.39 is 6.04 Å². The van der Waals surface area contributed by atoms with Crippen molar-refractivity contribution in [1.29, 1.82) is 0 Å². The number of unbranched alkanes of at least 4 members (excludes halogenated alkanes) is 1. The van der Waals surface area contributed by atoms with Gasteiger partial charge in [-0.05, 0) is 13.3 Å². The third kappa shape index (κ3) is 4.70. The maximum Gasteiger partial charge on any atom is 0.317 e. The van der Waals surface area contributed by atoms with Gasteiger partial charge in [0.15, 0.2) is 0 Å². The van der Waals surface area contributed by atoms with Gasteiger partial charge in [-0.2, -0.15) is 0 Å². The minimum absolute atomic E-state index is 0.0176. The van der Waals surface area contributed by atoms with Crippen molar-refractivity contribution >= 4 is 11.9 Å². The fourth-order valence-corrected chi connectivity index (χ4v) is 2.17. The molecule has 1 saturated heterocycles. The fraction of sp³-hybridized carbons (Fsp3) is 0.846. The first kappa shape index (κ1) is 15.8. The molecule has 0 radical (unpaired) electrons. The van der Waals surface area contributed by atoms with Gasteiger partial charge in [-0.15, -0.1) is 0 Å². The van der Waals surface area contributed by atoms with E-state index in [1.165, 1.54) is 0 Å². The van der Waals surface area contributed by atoms with Crippen LogP contribution in [0.1, 0.15) is 33.1 Å². The fourth-order valence-electron chi connectivity index (χ4n) is 2.17. The highest BCUT2D eigenvalue weighted by Gasteiger charge is 2.26. The van der Waals surface area contributed by atoms with Gasteiger partial charge < -0.3 is 20.9 Å². The number of piperazine rings is 1. The summed E-state index contributed by atoms with van der Waals surface area (Å²) in [6.07, 6.45) is 2.77. The summed E-state index contributed by atoms with van der Waals surface area (Å²) >= 11 is 0. The van der Waals surface area contributed by atoms with E-state index in [9.17, 15) is 9.59 Å². The predicted molar refractivity (Wildman–Crippen MR) is 74.7 cm³/mol. The van der Waals surface area contributed by atoms with E-state index in [0.29, 0.717) is 32.7 Å². The zero-order chi connectivity index (χ0) is 14.3. The van der Waals surface area contributed by atoms with Crippen LogP contribution in [-0.4, -0.2) is 60.5 Å². The Morgan fingerprint density at radius 3 is 2.26 bits per heavy atom. The lowest BCUT2D eigenvalue weighted by molar-refractivity contribution is -0.134. The molecule has 0 unspecified atom stereocenters. The minimum atomic E-state index is -0.393. The molecule has 0 aromatic rings. The third-order valence-electron chi connectivity index (χ3n) is 3.39. The molecule has 1 rings (SSSR count). The van der Waals surface area contributed by atoms with Gasteiger partial charge in [0.25, 0.3) is 0 Å². The van der Waals surface area contributed by atoms with Crippen LogP contribution in [0.15, 0.2) is 0 Å². The maximum atomic E-state index is 12.1. The Morgan fingerprint density at radius 2 is 1.74 bits per heavy atom. The number of urea groups is 1. The van der Waals surface area contributed by atoms with Gasteiger partial charge in [-0.25, -0.2) is 4.79 Å². The van der Waals surface area contributed by atoms with Crippen LogP contribution in [-0.2, 0) is 4.79 Å². The quantitative estimate of drug-likeness (QED) is 0.758. The molecule has 3 amide bonds. The van der Waals surface area contributed by atoms with Gasteiger partial charge in [0.05, 0.1) is 6.04 Å². The standard InChI is InChI=1S/C13H26N4O2/c1-3-5-6-11(14)12(18)16-7-9-17(10-8-16)13(19)15-4-2/h11H,3-10,14H2,1-2H3,(H,15,19)/t11-/m0/s1. The SMILES string of the molecule is CCCC[C@H](N)C(=O)N1CCN(C(=O)NCC)CC1. The highest BCUT2D eigenvalue weighted by atomic mass is 16.2. The van der Waals surface area contributed by atoms with Crippen LogP contribution in [0, 0.1) is 0 Å². The number of hydrogen-bond acceptors (Lipinski definition) is 3. The second-order valence-corrected chi connectivity index (χ2v) is 4.90. The summed E-state index contributed by atoms with van der Waals surface area (Å²) in [7, 11) is 0. The minimum Gasteiger partial charge on any atom is -0.338 e. The Bertz CT molecular complexity index is 301. The van der Waals surface area contributed by atoms with Gasteiger partial charge in [0.2, 0.25) is 5.91 Å². The van der Waals surface area contributed by atoms with E-state index in [2.05, 4.69) is 12.2 Å². The van der Waals surface area contributed by atoms with Crippen LogP contribution in [0.3, 0.4) is 0 Å². The van der Waals surface area contributed by atoms with E-state index in [4.69, 9.17) is 5.73 Å². The second-order valence-electron chi connectivity index (χ2n) is 4.90. The lowest BCUT2D eigenvalue weighted by atomic mass is 10.1. The highest BCUT2D eigenvalue weighted by Crippen LogP contribution is 2.07. The van der Waals surface area contributed by atoms with Gasteiger partial charge >= 0.3 is 6.03 Å². The van der Waals surface area contributed by atoms with E-state index in [1.54, 1.807) is 9.80 Å². The molecular formula is C13H26N4O2. The first-order valence-electron chi connectivity index (χ1n) is 7.17. The van der Waals surface area contributed by atoms with Crippen molar-refractivity contribution in [1.82, 2.24) is 15.1 Å². The van der Waals surface area contributed by atoms with Crippen LogP contribution in [0.2, 0.25) is 0 Å². The highest BCUT2D eigenvalue weighted by molar-refractivity contribution is 5.82. The predicted octanol–water partition coefficient (Wildman–Crippen LogP) is 0.378. The summed E-state index contributed by atoms with van der Waals surface area (Å²) in [4.78, 5) is 27.2. The summed E-state index contributed by atoms with van der Waals surface area (Å²) in [5.41, 5.74) is 5.89. The second kappa shape index (κ2) is 7.99. The molecule has 0 aromatic heterocycles. The van der Waals surface area contributed by atoms with Crippen molar-refractivity contribution in [2.24, 2.45) is 5.73 Å². The summed E-state index contributed by atoms with van der Waals surface area (Å²) in [5, 5.41) is 2.77. The third-order valence-corrected chi connectivity index (χ3v) is 3.39. The molecule has 0 bridgehead atoms. The van der Waals surface area contributed by atoms with Crippen molar-refractivity contribution < 1.29 is 9.59 Å². The molecule has 1 aliphatic rings. The molecule has 1 heterocycles. The zero-order valence-corrected chi connectivity index (χ0v) is 12.0. The molecule has 1 atom stereocenters. The van der Waals surface area contributed by atoms with Crippen LogP contribution in [0.25, 0.3) is 0 Å². The van der Waals surface area contributed by atoms with Crippen LogP contribution >= 0.6 is 0 Å². The zero-order valence-electron chi connectivity index (χ0n) is 12.0. The van der Waals surface area contributed by atoms with Gasteiger partial charge in [0, 0.05) is 32.7 Å². The van der Waals surface area contributed by atoms with E-state index in [1.807, 2.05) is 6.92 Å². The van der Waals surface area contributed by atoms with Crippen molar-refractivity contribution in [2.75, 3.05) is 32.7 Å². The average molecular weight is 270 g/mol. The topological polar surface area (TPSA) is 78.7 Å². The largest absolute Gasteiger partial charge is 0.338 e. The molecule has 0 saturated carbocycles.